The van der Waals surface area contributed by atoms with Crippen molar-refractivity contribution in [2.45, 2.75) is 56.8 Å². The van der Waals surface area contributed by atoms with Crippen molar-refractivity contribution in [3.8, 4) is 0 Å². The van der Waals surface area contributed by atoms with Crippen molar-refractivity contribution in [1.29, 1.82) is 0 Å². The molecule has 3 atom stereocenters. The molecule has 0 spiro atoms. The number of hydrogen-bond acceptors (Lipinski definition) is 2. The number of ether oxygens (including phenoxy) is 1. The molecule has 2 bridgehead atoms. The van der Waals surface area contributed by atoms with E-state index in [1.807, 2.05) is 6.92 Å². The fraction of sp³-hybridized carbons (Fsp3) is 0.917. The van der Waals surface area contributed by atoms with Gasteiger partial charge in [-0.2, -0.15) is 0 Å². The van der Waals surface area contributed by atoms with E-state index in [1.54, 1.807) is 0 Å². The lowest BCUT2D eigenvalue weighted by molar-refractivity contribution is -0.0535. The molecule has 4 rings (SSSR count). The third-order valence-electron chi connectivity index (χ3n) is 4.47. The number of hydrogen-bond donors (Lipinski definition) is 1. The Bertz CT molecular complexity index is 303. The summed E-state index contributed by atoms with van der Waals surface area (Å²) < 4.78 is 18.7. The average Bonchev–Trinajstić information content (AvgIpc) is 2.41. The fourth-order valence-electron chi connectivity index (χ4n) is 3.25. The van der Waals surface area contributed by atoms with Gasteiger partial charge in [-0.15, -0.1) is 0 Å². The van der Waals surface area contributed by atoms with Crippen molar-refractivity contribution < 1.29 is 13.9 Å². The Labute approximate surface area is 94.7 Å². The number of nitrogens with one attached hydrogen (secondary N) is 1. The number of rotatable bonds is 2. The van der Waals surface area contributed by atoms with Crippen LogP contribution in [-0.4, -0.2) is 23.9 Å². The Morgan fingerprint density at radius 2 is 2.06 bits per heavy atom. The molecule has 90 valence electrons. The summed E-state index contributed by atoms with van der Waals surface area (Å²) in [5.74, 6) is 0.841. The molecule has 1 N–H and O–H groups in total. The van der Waals surface area contributed by atoms with Crippen molar-refractivity contribution in [2.24, 2.45) is 11.8 Å². The van der Waals surface area contributed by atoms with Gasteiger partial charge in [0.25, 0.3) is 0 Å². The smallest absolute Gasteiger partial charge is 0.407 e. The lowest BCUT2D eigenvalue weighted by atomic mass is 9.50. The second kappa shape index (κ2) is 3.34. The molecule has 0 heterocycles. The van der Waals surface area contributed by atoms with Crippen molar-refractivity contribution in [2.75, 3.05) is 0 Å². The van der Waals surface area contributed by atoms with Crippen LogP contribution in [0.1, 0.15) is 39.0 Å². The normalized spacial score (nSPS) is 49.1. The van der Waals surface area contributed by atoms with Gasteiger partial charge in [-0.25, -0.2) is 9.18 Å². The zero-order valence-corrected chi connectivity index (χ0v) is 9.54. The van der Waals surface area contributed by atoms with Gasteiger partial charge in [-0.05, 0) is 43.9 Å². The predicted molar refractivity (Wildman–Crippen MR) is 56.8 cm³/mol. The second-order valence-electron chi connectivity index (χ2n) is 5.83. The largest absolute Gasteiger partial charge is 0.443 e. The molecule has 4 aliphatic carbocycles. The predicted octanol–water partition coefficient (Wildman–Crippen LogP) is 2.40. The summed E-state index contributed by atoms with van der Waals surface area (Å²) in [6.45, 7) is 1.87. The van der Waals surface area contributed by atoms with E-state index in [4.69, 9.17) is 4.74 Å². The van der Waals surface area contributed by atoms with Crippen LogP contribution >= 0.6 is 0 Å². The first-order valence-electron chi connectivity index (χ1n) is 6.21. The lowest BCUT2D eigenvalue weighted by Gasteiger charge is -2.61. The van der Waals surface area contributed by atoms with Crippen LogP contribution in [0.4, 0.5) is 9.18 Å². The highest BCUT2D eigenvalue weighted by atomic mass is 19.1. The molecule has 0 radical (unpaired) electrons. The molecule has 0 aromatic heterocycles. The molecule has 4 aliphatic rings. The van der Waals surface area contributed by atoms with Crippen LogP contribution in [0, 0.1) is 11.8 Å². The number of amides is 1. The Balaban J connectivity index is 1.49. The first-order chi connectivity index (χ1) is 7.58. The van der Waals surface area contributed by atoms with Crippen molar-refractivity contribution in [3.63, 3.8) is 0 Å². The van der Waals surface area contributed by atoms with Crippen LogP contribution in [0.3, 0.4) is 0 Å². The standard InChI is InChI=1S/C12H18FNO2/c1-7-2-3-9(10(7)13)16-11(15)14-12-4-8(5-12)6-12/h7-10H,2-6H2,1H3,(H,14,15)/t7-,8?,9+,10-,12?/m0/s1. The molecular weight excluding hydrogens is 209 g/mol. The molecule has 0 unspecified atom stereocenters. The topological polar surface area (TPSA) is 38.3 Å². The third-order valence-corrected chi connectivity index (χ3v) is 4.47. The van der Waals surface area contributed by atoms with Crippen LogP contribution in [0.5, 0.6) is 0 Å². The number of alkyl carbamates (subject to hydrolysis) is 1. The molecule has 0 aliphatic heterocycles. The Hall–Kier alpha value is -0.800. The van der Waals surface area contributed by atoms with Crippen LogP contribution < -0.4 is 5.32 Å². The monoisotopic (exact) mass is 227 g/mol. The van der Waals surface area contributed by atoms with Gasteiger partial charge in [0.05, 0.1) is 0 Å². The van der Waals surface area contributed by atoms with Crippen molar-refractivity contribution >= 4 is 6.09 Å². The Kier molecular flexibility index (Phi) is 2.17. The SMILES string of the molecule is C[C@H]1CC[C@@H](OC(=O)NC23CC(C2)C3)[C@H]1F. The van der Waals surface area contributed by atoms with Gasteiger partial charge in [0.2, 0.25) is 0 Å². The van der Waals surface area contributed by atoms with Gasteiger partial charge in [-0.3, -0.25) is 0 Å². The van der Waals surface area contributed by atoms with E-state index in [0.717, 1.165) is 31.6 Å². The maximum absolute atomic E-state index is 13.6. The van der Waals surface area contributed by atoms with Crippen LogP contribution in [-0.2, 0) is 4.74 Å². The lowest BCUT2D eigenvalue weighted by Crippen LogP contribution is -2.68. The highest BCUT2D eigenvalue weighted by Gasteiger charge is 2.57. The highest BCUT2D eigenvalue weighted by molar-refractivity contribution is 5.69. The van der Waals surface area contributed by atoms with Gasteiger partial charge >= 0.3 is 6.09 Å². The molecule has 1 amide bonds. The van der Waals surface area contributed by atoms with Gasteiger partial charge in [0.1, 0.15) is 12.3 Å². The summed E-state index contributed by atoms with van der Waals surface area (Å²) in [6, 6.07) is 0. The van der Waals surface area contributed by atoms with E-state index in [1.165, 1.54) is 0 Å². The van der Waals surface area contributed by atoms with E-state index in [2.05, 4.69) is 5.32 Å². The molecule has 3 nitrogen and oxygen atoms in total. The van der Waals surface area contributed by atoms with E-state index >= 15 is 0 Å². The van der Waals surface area contributed by atoms with Crippen LogP contribution in [0.15, 0.2) is 0 Å². The summed E-state index contributed by atoms with van der Waals surface area (Å²) >= 11 is 0. The molecule has 0 aromatic rings. The number of carbonyl (C=O) groups is 1. The Morgan fingerprint density at radius 1 is 1.38 bits per heavy atom. The van der Waals surface area contributed by atoms with E-state index in [0.29, 0.717) is 6.42 Å². The van der Waals surface area contributed by atoms with Gasteiger partial charge < -0.3 is 10.1 Å². The minimum Gasteiger partial charge on any atom is -0.443 e. The van der Waals surface area contributed by atoms with E-state index < -0.39 is 18.4 Å². The Morgan fingerprint density at radius 3 is 2.50 bits per heavy atom. The zero-order valence-electron chi connectivity index (χ0n) is 9.54. The molecular formula is C12H18FNO2. The third kappa shape index (κ3) is 1.50. The minimum absolute atomic E-state index is 0.0211. The summed E-state index contributed by atoms with van der Waals surface area (Å²) in [5, 5.41) is 2.89. The quantitative estimate of drug-likeness (QED) is 0.786. The second-order valence-corrected chi connectivity index (χ2v) is 5.83. The summed E-state index contributed by atoms with van der Waals surface area (Å²) in [6.07, 6.45) is 2.80. The van der Waals surface area contributed by atoms with E-state index in [-0.39, 0.29) is 11.5 Å². The maximum Gasteiger partial charge on any atom is 0.407 e. The van der Waals surface area contributed by atoms with Crippen LogP contribution in [0.25, 0.3) is 0 Å². The van der Waals surface area contributed by atoms with Gasteiger partial charge in [0, 0.05) is 5.54 Å². The molecule has 4 heteroatoms. The minimum atomic E-state index is -0.987. The first kappa shape index (κ1) is 10.4. The summed E-state index contributed by atoms with van der Waals surface area (Å²) in [4.78, 5) is 11.6. The van der Waals surface area contributed by atoms with Gasteiger partial charge in [0.15, 0.2) is 0 Å². The molecule has 4 saturated carbocycles. The van der Waals surface area contributed by atoms with Crippen molar-refractivity contribution in [1.82, 2.24) is 5.32 Å². The van der Waals surface area contributed by atoms with E-state index in [9.17, 15) is 9.18 Å². The number of halogens is 1. The number of carbonyl (C=O) groups excluding carboxylic acids is 1. The zero-order chi connectivity index (χ0) is 11.3. The average molecular weight is 227 g/mol. The molecule has 0 aromatic carbocycles. The van der Waals surface area contributed by atoms with Crippen LogP contribution in [0.2, 0.25) is 0 Å². The molecule has 4 fully saturated rings. The number of alkyl halides is 1. The fourth-order valence-corrected chi connectivity index (χ4v) is 3.25. The summed E-state index contributed by atoms with van der Waals surface area (Å²) in [7, 11) is 0. The maximum atomic E-state index is 13.6. The highest BCUT2D eigenvalue weighted by Crippen LogP contribution is 2.56. The van der Waals surface area contributed by atoms with Crippen molar-refractivity contribution in [3.05, 3.63) is 0 Å². The van der Waals surface area contributed by atoms with Gasteiger partial charge in [-0.1, -0.05) is 6.92 Å². The first-order valence-corrected chi connectivity index (χ1v) is 6.21. The molecule has 16 heavy (non-hydrogen) atoms. The summed E-state index contributed by atoms with van der Waals surface area (Å²) in [5.41, 5.74) is 0.0256. The molecule has 0 saturated heterocycles.